The Bertz CT molecular complexity index is 734. The van der Waals surface area contributed by atoms with E-state index in [-0.39, 0.29) is 17.9 Å². The number of piperidine rings is 1. The molecule has 3 amide bonds. The second kappa shape index (κ2) is 6.05. The number of amides is 3. The van der Waals surface area contributed by atoms with E-state index in [9.17, 15) is 14.4 Å². The minimum atomic E-state index is -0.558. The summed E-state index contributed by atoms with van der Waals surface area (Å²) in [7, 11) is 1.80. The van der Waals surface area contributed by atoms with E-state index in [1.54, 1.807) is 16.6 Å². The average molecular weight is 349 g/mol. The lowest BCUT2D eigenvalue weighted by molar-refractivity contribution is -0.133. The van der Waals surface area contributed by atoms with E-state index in [1.807, 2.05) is 20.8 Å². The van der Waals surface area contributed by atoms with Crippen molar-refractivity contribution in [3.8, 4) is 0 Å². The smallest absolute Gasteiger partial charge is 0.410 e. The third-order valence-electron chi connectivity index (χ3n) is 4.17. The molecule has 9 nitrogen and oxygen atoms in total. The Morgan fingerprint density at radius 3 is 2.68 bits per heavy atom. The van der Waals surface area contributed by atoms with Gasteiger partial charge in [0, 0.05) is 19.0 Å². The second-order valence-corrected chi connectivity index (χ2v) is 7.38. The van der Waals surface area contributed by atoms with Crippen molar-refractivity contribution in [3.05, 3.63) is 11.3 Å². The Kier molecular flexibility index (Phi) is 4.18. The summed E-state index contributed by atoms with van der Waals surface area (Å²) >= 11 is 0. The van der Waals surface area contributed by atoms with Crippen LogP contribution in [-0.4, -0.2) is 44.2 Å². The number of carbonyl (C=O) groups is 3. The molecule has 2 aliphatic heterocycles. The van der Waals surface area contributed by atoms with Crippen molar-refractivity contribution >= 4 is 23.7 Å². The van der Waals surface area contributed by atoms with Gasteiger partial charge in [-0.1, -0.05) is 0 Å². The maximum absolute atomic E-state index is 12.3. The summed E-state index contributed by atoms with van der Waals surface area (Å²) < 4.78 is 7.12. The lowest BCUT2D eigenvalue weighted by atomic mass is 10.1. The van der Waals surface area contributed by atoms with E-state index >= 15 is 0 Å². The molecule has 1 aromatic rings. The van der Waals surface area contributed by atoms with Crippen LogP contribution in [0.25, 0.3) is 0 Å². The molecule has 1 fully saturated rings. The van der Waals surface area contributed by atoms with Crippen molar-refractivity contribution in [3.63, 3.8) is 0 Å². The fourth-order valence-corrected chi connectivity index (χ4v) is 2.96. The summed E-state index contributed by atoms with van der Waals surface area (Å²) in [6, 6.07) is -0.507. The van der Waals surface area contributed by atoms with E-state index in [0.717, 1.165) is 11.3 Å². The fourth-order valence-electron chi connectivity index (χ4n) is 2.96. The fraction of sp³-hybridized carbons (Fsp3) is 0.625. The average Bonchev–Trinajstić information content (AvgIpc) is 3.02. The Labute approximate surface area is 145 Å². The number of fused-ring (bicyclic) bond motifs is 1. The number of nitrogens with zero attached hydrogens (tertiary/aromatic N) is 3. The first kappa shape index (κ1) is 17.2. The van der Waals surface area contributed by atoms with Crippen LogP contribution in [0.1, 0.15) is 44.9 Å². The van der Waals surface area contributed by atoms with Gasteiger partial charge in [-0.05, 0) is 27.2 Å². The van der Waals surface area contributed by atoms with Crippen LogP contribution in [0.15, 0.2) is 0 Å². The van der Waals surface area contributed by atoms with Crippen LogP contribution < -0.4 is 10.6 Å². The molecule has 2 N–H and O–H groups in total. The molecule has 1 saturated heterocycles. The second-order valence-electron chi connectivity index (χ2n) is 7.38. The minimum Gasteiger partial charge on any atom is -0.444 e. The third kappa shape index (κ3) is 3.59. The minimum absolute atomic E-state index is 0.259. The number of rotatable bonds is 2. The third-order valence-corrected chi connectivity index (χ3v) is 4.17. The molecule has 0 spiro atoms. The van der Waals surface area contributed by atoms with Crippen LogP contribution in [0.5, 0.6) is 0 Å². The number of ether oxygens (including phenoxy) is 1. The monoisotopic (exact) mass is 349 g/mol. The summed E-state index contributed by atoms with van der Waals surface area (Å²) in [6.07, 6.45) is 0.338. The van der Waals surface area contributed by atoms with Gasteiger partial charge in [0.15, 0.2) is 5.82 Å². The van der Waals surface area contributed by atoms with E-state index in [0.29, 0.717) is 31.7 Å². The molecule has 0 bridgehead atoms. The number of aromatic nitrogens is 2. The molecule has 0 radical (unpaired) electrons. The maximum Gasteiger partial charge on any atom is 0.410 e. The van der Waals surface area contributed by atoms with Crippen LogP contribution in [0.2, 0.25) is 0 Å². The van der Waals surface area contributed by atoms with Crippen molar-refractivity contribution in [1.82, 2.24) is 20.0 Å². The first-order chi connectivity index (χ1) is 11.6. The molecule has 1 atom stereocenters. The SMILES string of the molecule is Cn1nc(NC2CCC(=O)NC2=O)c2c1CN(C(=O)OC(C)(C)C)C2. The summed E-state index contributed by atoms with van der Waals surface area (Å²) in [6.45, 7) is 6.25. The Morgan fingerprint density at radius 1 is 1.32 bits per heavy atom. The zero-order valence-electron chi connectivity index (χ0n) is 14.9. The van der Waals surface area contributed by atoms with Crippen molar-refractivity contribution in [2.75, 3.05) is 5.32 Å². The van der Waals surface area contributed by atoms with Gasteiger partial charge in [-0.3, -0.25) is 24.5 Å². The number of imide groups is 1. The summed E-state index contributed by atoms with van der Waals surface area (Å²) in [5.74, 6) is -0.0406. The quantitative estimate of drug-likeness (QED) is 0.768. The molecule has 1 unspecified atom stereocenters. The van der Waals surface area contributed by atoms with E-state index in [1.165, 1.54) is 0 Å². The van der Waals surface area contributed by atoms with Crippen molar-refractivity contribution in [2.24, 2.45) is 7.05 Å². The van der Waals surface area contributed by atoms with Crippen LogP contribution in [0, 0.1) is 0 Å². The number of carbonyl (C=O) groups excluding carboxylic acids is 3. The topological polar surface area (TPSA) is 106 Å². The summed E-state index contributed by atoms with van der Waals surface area (Å²) in [5, 5.41) is 9.83. The van der Waals surface area contributed by atoms with Gasteiger partial charge in [0.1, 0.15) is 11.6 Å². The van der Waals surface area contributed by atoms with Crippen LogP contribution in [-0.2, 0) is 34.5 Å². The molecule has 3 heterocycles. The summed E-state index contributed by atoms with van der Waals surface area (Å²) in [5.41, 5.74) is 1.22. The van der Waals surface area contributed by atoms with E-state index in [4.69, 9.17) is 4.74 Å². The predicted molar refractivity (Wildman–Crippen MR) is 88.5 cm³/mol. The van der Waals surface area contributed by atoms with Gasteiger partial charge in [-0.15, -0.1) is 0 Å². The predicted octanol–water partition coefficient (Wildman–Crippen LogP) is 0.888. The number of aryl methyl sites for hydroxylation is 1. The van der Waals surface area contributed by atoms with Crippen LogP contribution in [0.3, 0.4) is 0 Å². The van der Waals surface area contributed by atoms with E-state index < -0.39 is 11.6 Å². The molecule has 3 rings (SSSR count). The van der Waals surface area contributed by atoms with Gasteiger partial charge in [-0.2, -0.15) is 5.10 Å². The summed E-state index contributed by atoms with van der Waals surface area (Å²) in [4.78, 5) is 37.1. The van der Waals surface area contributed by atoms with Gasteiger partial charge in [0.2, 0.25) is 11.8 Å². The van der Waals surface area contributed by atoms with Crippen LogP contribution >= 0.6 is 0 Å². The standard InChI is InChI=1S/C16H23N5O4/c1-16(2,3)25-15(24)21-7-9-11(8-21)20(4)19-13(9)17-10-5-6-12(22)18-14(10)23/h10H,5-8H2,1-4H3,(H,17,19)(H,18,22,23). The lowest BCUT2D eigenvalue weighted by Gasteiger charge is -2.25. The highest BCUT2D eigenvalue weighted by atomic mass is 16.6. The van der Waals surface area contributed by atoms with Gasteiger partial charge < -0.3 is 10.1 Å². The van der Waals surface area contributed by atoms with E-state index in [2.05, 4.69) is 15.7 Å². The molecular formula is C16H23N5O4. The van der Waals surface area contributed by atoms with Gasteiger partial charge in [0.05, 0.1) is 18.8 Å². The Morgan fingerprint density at radius 2 is 2.04 bits per heavy atom. The van der Waals surface area contributed by atoms with Gasteiger partial charge in [0.25, 0.3) is 0 Å². The number of hydrogen-bond donors (Lipinski definition) is 2. The molecule has 2 aliphatic rings. The maximum atomic E-state index is 12.3. The molecule has 0 aromatic carbocycles. The number of nitrogens with one attached hydrogen (secondary N) is 2. The Balaban J connectivity index is 1.72. The molecule has 0 aliphatic carbocycles. The zero-order chi connectivity index (χ0) is 18.4. The number of hydrogen-bond acceptors (Lipinski definition) is 6. The highest BCUT2D eigenvalue weighted by Crippen LogP contribution is 2.30. The van der Waals surface area contributed by atoms with Gasteiger partial charge >= 0.3 is 6.09 Å². The van der Waals surface area contributed by atoms with Crippen molar-refractivity contribution < 1.29 is 19.1 Å². The first-order valence-corrected chi connectivity index (χ1v) is 8.27. The zero-order valence-corrected chi connectivity index (χ0v) is 14.9. The highest BCUT2D eigenvalue weighted by Gasteiger charge is 2.34. The molecule has 25 heavy (non-hydrogen) atoms. The van der Waals surface area contributed by atoms with Crippen molar-refractivity contribution in [2.45, 2.75) is 58.3 Å². The normalized spacial score (nSPS) is 20.3. The first-order valence-electron chi connectivity index (χ1n) is 8.27. The Hall–Kier alpha value is -2.58. The molecule has 9 heteroatoms. The number of anilines is 1. The largest absolute Gasteiger partial charge is 0.444 e. The molecule has 1 aromatic heterocycles. The highest BCUT2D eigenvalue weighted by molar-refractivity contribution is 6.01. The molecule has 136 valence electrons. The lowest BCUT2D eigenvalue weighted by Crippen LogP contribution is -2.47. The van der Waals surface area contributed by atoms with Crippen molar-refractivity contribution in [1.29, 1.82) is 0 Å². The molecular weight excluding hydrogens is 326 g/mol. The van der Waals surface area contributed by atoms with Crippen LogP contribution in [0.4, 0.5) is 10.6 Å². The molecule has 0 saturated carbocycles. The van der Waals surface area contributed by atoms with Gasteiger partial charge in [-0.25, -0.2) is 4.79 Å².